The summed E-state index contributed by atoms with van der Waals surface area (Å²) < 4.78 is 2.04. The summed E-state index contributed by atoms with van der Waals surface area (Å²) in [6.45, 7) is 2.50. The van der Waals surface area contributed by atoms with Crippen LogP contribution in [0.4, 0.5) is 0 Å². The van der Waals surface area contributed by atoms with Gasteiger partial charge in [0.05, 0.1) is 11.4 Å². The predicted octanol–water partition coefficient (Wildman–Crippen LogP) is 3.42. The van der Waals surface area contributed by atoms with Crippen molar-refractivity contribution in [3.63, 3.8) is 0 Å². The highest BCUT2D eigenvalue weighted by Crippen LogP contribution is 2.25. The van der Waals surface area contributed by atoms with E-state index >= 15 is 0 Å². The second kappa shape index (κ2) is 4.68. The molecule has 0 aliphatic carbocycles. The Morgan fingerprint density at radius 3 is 2.63 bits per heavy atom. The lowest BCUT2D eigenvalue weighted by molar-refractivity contribution is 0.960. The van der Waals surface area contributed by atoms with Gasteiger partial charge in [0.15, 0.2) is 0 Å². The van der Waals surface area contributed by atoms with Crippen LogP contribution in [-0.2, 0) is 6.54 Å². The van der Waals surface area contributed by atoms with Crippen LogP contribution in [0.1, 0.15) is 11.3 Å². The SMILES string of the molecule is Cc1ccn2c(CN)c(-c3ccc(Cl)cc3)nc2c1. The van der Waals surface area contributed by atoms with Gasteiger partial charge in [-0.25, -0.2) is 4.98 Å². The van der Waals surface area contributed by atoms with E-state index in [9.17, 15) is 0 Å². The van der Waals surface area contributed by atoms with Crippen molar-refractivity contribution in [2.24, 2.45) is 5.73 Å². The van der Waals surface area contributed by atoms with Crippen LogP contribution in [0.2, 0.25) is 5.02 Å². The van der Waals surface area contributed by atoms with Gasteiger partial charge in [-0.05, 0) is 36.8 Å². The predicted molar refractivity (Wildman–Crippen MR) is 78.3 cm³/mol. The van der Waals surface area contributed by atoms with Gasteiger partial charge in [0, 0.05) is 23.3 Å². The van der Waals surface area contributed by atoms with E-state index < -0.39 is 0 Å². The number of hydrogen-bond donors (Lipinski definition) is 1. The molecule has 2 heterocycles. The van der Waals surface area contributed by atoms with Crippen molar-refractivity contribution >= 4 is 17.2 Å². The molecule has 19 heavy (non-hydrogen) atoms. The van der Waals surface area contributed by atoms with Crippen molar-refractivity contribution in [1.82, 2.24) is 9.38 Å². The number of fused-ring (bicyclic) bond motifs is 1. The number of nitrogens with zero attached hydrogens (tertiary/aromatic N) is 2. The van der Waals surface area contributed by atoms with Crippen molar-refractivity contribution in [2.45, 2.75) is 13.5 Å². The molecule has 0 atom stereocenters. The van der Waals surface area contributed by atoms with Gasteiger partial charge < -0.3 is 10.1 Å². The van der Waals surface area contributed by atoms with Gasteiger partial charge in [-0.2, -0.15) is 0 Å². The van der Waals surface area contributed by atoms with E-state index in [1.165, 1.54) is 5.56 Å². The zero-order chi connectivity index (χ0) is 13.4. The standard InChI is InChI=1S/C15H14ClN3/c1-10-6-7-19-13(9-17)15(18-14(19)8-10)11-2-4-12(16)5-3-11/h2-8H,9,17H2,1H3. The topological polar surface area (TPSA) is 43.3 Å². The molecular formula is C15H14ClN3. The Morgan fingerprint density at radius 2 is 1.95 bits per heavy atom. The number of benzene rings is 1. The first-order valence-corrected chi connectivity index (χ1v) is 6.50. The summed E-state index contributed by atoms with van der Waals surface area (Å²) in [7, 11) is 0. The molecule has 0 saturated carbocycles. The average Bonchev–Trinajstić information content (AvgIpc) is 2.77. The minimum atomic E-state index is 0.447. The summed E-state index contributed by atoms with van der Waals surface area (Å²) in [6, 6.07) is 11.8. The quantitative estimate of drug-likeness (QED) is 0.776. The Kier molecular flexibility index (Phi) is 3.01. The van der Waals surface area contributed by atoms with Crippen molar-refractivity contribution < 1.29 is 0 Å². The third-order valence-corrected chi connectivity index (χ3v) is 3.44. The lowest BCUT2D eigenvalue weighted by Gasteiger charge is -2.02. The van der Waals surface area contributed by atoms with E-state index in [1.54, 1.807) is 0 Å². The first-order valence-electron chi connectivity index (χ1n) is 6.12. The first kappa shape index (κ1) is 12.2. The van der Waals surface area contributed by atoms with E-state index in [0.717, 1.165) is 27.6 Å². The molecular weight excluding hydrogens is 258 g/mol. The molecule has 0 radical (unpaired) electrons. The Labute approximate surface area is 116 Å². The summed E-state index contributed by atoms with van der Waals surface area (Å²) >= 11 is 5.92. The molecule has 3 aromatic rings. The molecule has 3 rings (SSSR count). The molecule has 0 unspecified atom stereocenters. The van der Waals surface area contributed by atoms with Gasteiger partial charge in [-0.1, -0.05) is 23.7 Å². The van der Waals surface area contributed by atoms with E-state index in [0.29, 0.717) is 6.54 Å². The zero-order valence-electron chi connectivity index (χ0n) is 10.6. The van der Waals surface area contributed by atoms with Crippen LogP contribution >= 0.6 is 11.6 Å². The Balaban J connectivity index is 2.25. The lowest BCUT2D eigenvalue weighted by Crippen LogP contribution is -2.02. The molecule has 0 bridgehead atoms. The van der Waals surface area contributed by atoms with E-state index in [1.807, 2.05) is 34.9 Å². The van der Waals surface area contributed by atoms with Gasteiger partial charge >= 0.3 is 0 Å². The van der Waals surface area contributed by atoms with Crippen LogP contribution in [-0.4, -0.2) is 9.38 Å². The minimum absolute atomic E-state index is 0.447. The fourth-order valence-corrected chi connectivity index (χ4v) is 2.36. The molecule has 0 amide bonds. The third-order valence-electron chi connectivity index (χ3n) is 3.19. The van der Waals surface area contributed by atoms with Crippen LogP contribution in [0.3, 0.4) is 0 Å². The smallest absolute Gasteiger partial charge is 0.137 e. The molecule has 4 heteroatoms. The largest absolute Gasteiger partial charge is 0.325 e. The van der Waals surface area contributed by atoms with Gasteiger partial charge in [0.2, 0.25) is 0 Å². The molecule has 96 valence electrons. The summed E-state index contributed by atoms with van der Waals surface area (Å²) in [5.74, 6) is 0. The molecule has 3 nitrogen and oxygen atoms in total. The maximum atomic E-state index is 5.92. The van der Waals surface area contributed by atoms with Crippen LogP contribution < -0.4 is 5.73 Å². The van der Waals surface area contributed by atoms with E-state index in [2.05, 4.69) is 24.0 Å². The summed E-state index contributed by atoms with van der Waals surface area (Å²) in [4.78, 5) is 4.68. The van der Waals surface area contributed by atoms with Crippen LogP contribution in [0.25, 0.3) is 16.9 Å². The lowest BCUT2D eigenvalue weighted by atomic mass is 10.1. The molecule has 2 aromatic heterocycles. The molecule has 0 aliphatic heterocycles. The second-order valence-electron chi connectivity index (χ2n) is 4.55. The highest BCUT2D eigenvalue weighted by atomic mass is 35.5. The number of aromatic nitrogens is 2. The Hall–Kier alpha value is -1.84. The highest BCUT2D eigenvalue weighted by molar-refractivity contribution is 6.30. The Bertz CT molecular complexity index is 729. The monoisotopic (exact) mass is 271 g/mol. The number of nitrogens with two attached hydrogens (primary N) is 1. The van der Waals surface area contributed by atoms with Gasteiger partial charge in [0.25, 0.3) is 0 Å². The number of rotatable bonds is 2. The average molecular weight is 272 g/mol. The van der Waals surface area contributed by atoms with Crippen LogP contribution in [0, 0.1) is 6.92 Å². The molecule has 1 aromatic carbocycles. The Morgan fingerprint density at radius 1 is 1.21 bits per heavy atom. The zero-order valence-corrected chi connectivity index (χ0v) is 11.4. The molecule has 0 spiro atoms. The normalized spacial score (nSPS) is 11.1. The first-order chi connectivity index (χ1) is 9.19. The molecule has 2 N–H and O–H groups in total. The van der Waals surface area contributed by atoms with E-state index in [4.69, 9.17) is 17.3 Å². The fraction of sp³-hybridized carbons (Fsp3) is 0.133. The van der Waals surface area contributed by atoms with E-state index in [-0.39, 0.29) is 0 Å². The van der Waals surface area contributed by atoms with Crippen molar-refractivity contribution in [3.05, 3.63) is 58.9 Å². The minimum Gasteiger partial charge on any atom is -0.325 e. The van der Waals surface area contributed by atoms with Crippen molar-refractivity contribution in [2.75, 3.05) is 0 Å². The number of pyridine rings is 1. The van der Waals surface area contributed by atoms with Crippen LogP contribution in [0.15, 0.2) is 42.6 Å². The summed E-state index contributed by atoms with van der Waals surface area (Å²) in [5, 5.41) is 0.720. The fourth-order valence-electron chi connectivity index (χ4n) is 2.23. The van der Waals surface area contributed by atoms with Crippen molar-refractivity contribution in [1.29, 1.82) is 0 Å². The van der Waals surface area contributed by atoms with Crippen molar-refractivity contribution in [3.8, 4) is 11.3 Å². The number of imidazole rings is 1. The molecule has 0 fully saturated rings. The van der Waals surface area contributed by atoms with Gasteiger partial charge in [-0.15, -0.1) is 0 Å². The number of halogens is 1. The maximum Gasteiger partial charge on any atom is 0.137 e. The molecule has 0 aliphatic rings. The number of hydrogen-bond acceptors (Lipinski definition) is 2. The van der Waals surface area contributed by atoms with Gasteiger partial charge in [0.1, 0.15) is 5.65 Å². The number of aryl methyl sites for hydroxylation is 1. The highest BCUT2D eigenvalue weighted by Gasteiger charge is 2.12. The summed E-state index contributed by atoms with van der Waals surface area (Å²) in [6.07, 6.45) is 2.01. The third kappa shape index (κ3) is 2.11. The maximum absolute atomic E-state index is 5.92. The van der Waals surface area contributed by atoms with Crippen LogP contribution in [0.5, 0.6) is 0 Å². The van der Waals surface area contributed by atoms with Gasteiger partial charge in [-0.3, -0.25) is 0 Å². The second-order valence-corrected chi connectivity index (χ2v) is 4.99. The summed E-state index contributed by atoms with van der Waals surface area (Å²) in [5.41, 5.74) is 11.0. The molecule has 0 saturated heterocycles.